The number of anilines is 1. The summed E-state index contributed by atoms with van der Waals surface area (Å²) in [5, 5.41) is 19.5. The van der Waals surface area contributed by atoms with Crippen molar-refractivity contribution in [3.05, 3.63) is 42.0 Å². The Morgan fingerprint density at radius 2 is 1.71 bits per heavy atom. The highest BCUT2D eigenvalue weighted by molar-refractivity contribution is 7.80. The third kappa shape index (κ3) is 6.13. The highest BCUT2D eigenvalue weighted by atomic mass is 35.6. The molecule has 0 heterocycles. The molecule has 3 rings (SSSR count). The zero-order valence-electron chi connectivity index (χ0n) is 16.5. The van der Waals surface area contributed by atoms with E-state index in [4.69, 9.17) is 47.0 Å². The first-order valence-electron chi connectivity index (χ1n) is 9.86. The maximum Gasteiger partial charge on any atom is 0.337 e. The first-order valence-corrected chi connectivity index (χ1v) is 11.4. The minimum absolute atomic E-state index is 0.0131. The molecule has 31 heavy (non-hydrogen) atoms. The van der Waals surface area contributed by atoms with Gasteiger partial charge in [-0.1, -0.05) is 84.4 Å². The second kappa shape index (κ2) is 10.2. The van der Waals surface area contributed by atoms with Gasteiger partial charge in [-0.3, -0.25) is 4.79 Å². The van der Waals surface area contributed by atoms with E-state index in [1.807, 2.05) is 12.1 Å². The fraction of sp³-hybridized carbons (Fsp3) is 0.381. The van der Waals surface area contributed by atoms with E-state index in [0.29, 0.717) is 11.1 Å². The highest BCUT2D eigenvalue weighted by Gasteiger charge is 2.36. The van der Waals surface area contributed by atoms with Crippen molar-refractivity contribution in [1.82, 2.24) is 10.6 Å². The van der Waals surface area contributed by atoms with Crippen LogP contribution in [0.4, 0.5) is 5.69 Å². The molecule has 1 atom stereocenters. The molecular formula is C21H22Cl3N3O3S. The van der Waals surface area contributed by atoms with Gasteiger partial charge in [0.2, 0.25) is 9.70 Å². The Bertz CT molecular complexity index is 991. The summed E-state index contributed by atoms with van der Waals surface area (Å²) in [4.78, 5) is 24.4. The monoisotopic (exact) mass is 501 g/mol. The van der Waals surface area contributed by atoms with Gasteiger partial charge in [-0.15, -0.1) is 0 Å². The molecule has 166 valence electrons. The summed E-state index contributed by atoms with van der Waals surface area (Å²) in [5.74, 6) is -1.45. The van der Waals surface area contributed by atoms with E-state index in [2.05, 4.69) is 16.0 Å². The van der Waals surface area contributed by atoms with Crippen molar-refractivity contribution >= 4 is 80.5 Å². The van der Waals surface area contributed by atoms with Crippen LogP contribution in [0, 0.1) is 5.92 Å². The predicted molar refractivity (Wildman–Crippen MR) is 129 cm³/mol. The minimum Gasteiger partial charge on any atom is -0.478 e. The van der Waals surface area contributed by atoms with Crippen LogP contribution in [-0.4, -0.2) is 32.1 Å². The lowest BCUT2D eigenvalue weighted by Gasteiger charge is -2.30. The van der Waals surface area contributed by atoms with Crippen LogP contribution in [0.1, 0.15) is 42.5 Å². The Balaban J connectivity index is 1.79. The number of carboxylic acid groups (broad SMARTS) is 1. The second-order valence-electron chi connectivity index (χ2n) is 7.43. The number of benzene rings is 2. The summed E-state index contributed by atoms with van der Waals surface area (Å²) >= 11 is 23.6. The van der Waals surface area contributed by atoms with Gasteiger partial charge >= 0.3 is 5.97 Å². The van der Waals surface area contributed by atoms with Gasteiger partial charge in [0.1, 0.15) is 6.17 Å². The van der Waals surface area contributed by atoms with Crippen LogP contribution in [0.25, 0.3) is 10.8 Å². The van der Waals surface area contributed by atoms with E-state index in [-0.39, 0.29) is 22.5 Å². The van der Waals surface area contributed by atoms with Gasteiger partial charge in [-0.25, -0.2) is 4.79 Å². The Morgan fingerprint density at radius 3 is 2.35 bits per heavy atom. The summed E-state index contributed by atoms with van der Waals surface area (Å²) in [6, 6.07) is 10.5. The van der Waals surface area contributed by atoms with Crippen molar-refractivity contribution in [3.8, 4) is 0 Å². The lowest BCUT2D eigenvalue weighted by molar-refractivity contribution is -0.126. The van der Waals surface area contributed by atoms with E-state index in [0.717, 1.165) is 37.5 Å². The van der Waals surface area contributed by atoms with Crippen molar-refractivity contribution in [1.29, 1.82) is 0 Å². The molecule has 1 aliphatic carbocycles. The normalized spacial score (nSPS) is 15.8. The molecule has 2 aromatic carbocycles. The molecule has 1 unspecified atom stereocenters. The Labute approximate surface area is 200 Å². The van der Waals surface area contributed by atoms with Gasteiger partial charge in [-0.05, 0) is 36.5 Å². The molecule has 0 aliphatic heterocycles. The van der Waals surface area contributed by atoms with Gasteiger partial charge < -0.3 is 21.1 Å². The Morgan fingerprint density at radius 1 is 1.03 bits per heavy atom. The van der Waals surface area contributed by atoms with E-state index in [1.54, 1.807) is 18.2 Å². The Hall–Kier alpha value is -1.80. The van der Waals surface area contributed by atoms with Crippen molar-refractivity contribution in [3.63, 3.8) is 0 Å². The summed E-state index contributed by atoms with van der Waals surface area (Å²) < 4.78 is -1.88. The fourth-order valence-electron chi connectivity index (χ4n) is 3.69. The van der Waals surface area contributed by atoms with Crippen LogP contribution in [-0.2, 0) is 4.79 Å². The van der Waals surface area contributed by atoms with Crippen LogP contribution in [0.5, 0.6) is 0 Å². The minimum atomic E-state index is -1.88. The summed E-state index contributed by atoms with van der Waals surface area (Å²) in [5.41, 5.74) is 0.351. The molecule has 0 spiro atoms. The van der Waals surface area contributed by atoms with Crippen molar-refractivity contribution < 1.29 is 14.7 Å². The van der Waals surface area contributed by atoms with Crippen LogP contribution >= 0.6 is 47.0 Å². The number of carboxylic acids is 1. The number of hydrogen-bond acceptors (Lipinski definition) is 3. The third-order valence-corrected chi connectivity index (χ3v) is 6.14. The molecule has 1 saturated carbocycles. The molecular weight excluding hydrogens is 481 g/mol. The summed E-state index contributed by atoms with van der Waals surface area (Å²) in [6.07, 6.45) is 3.57. The van der Waals surface area contributed by atoms with Gasteiger partial charge in [-0.2, -0.15) is 0 Å². The number of halogens is 3. The standard InChI is InChI=1S/C21H22Cl3N3O3S/c22-21(23,24)19(26-17(28)13-7-2-1-3-8-13)27-20(31)25-16-14-9-5-4-6-12(14)10-11-15(16)18(29)30/h4-6,9-11,13,19H,1-3,7-8H2,(H,26,28)(H,29,30)(H2,25,27,31). The van der Waals surface area contributed by atoms with Crippen LogP contribution < -0.4 is 16.0 Å². The van der Waals surface area contributed by atoms with E-state index >= 15 is 0 Å². The average molecular weight is 503 g/mol. The number of fused-ring (bicyclic) bond motifs is 1. The number of hydrogen-bond donors (Lipinski definition) is 4. The van der Waals surface area contributed by atoms with Crippen LogP contribution in [0.3, 0.4) is 0 Å². The fourth-order valence-corrected chi connectivity index (χ4v) is 4.24. The quantitative estimate of drug-likeness (QED) is 0.255. The van der Waals surface area contributed by atoms with E-state index < -0.39 is 15.9 Å². The number of thiocarbonyl (C=S) groups is 1. The zero-order valence-corrected chi connectivity index (χ0v) is 19.5. The molecule has 0 saturated heterocycles. The topological polar surface area (TPSA) is 90.5 Å². The lowest BCUT2D eigenvalue weighted by Crippen LogP contribution is -2.57. The number of alkyl halides is 3. The number of nitrogens with one attached hydrogen (secondary N) is 3. The number of carbonyl (C=O) groups excluding carboxylic acids is 1. The maximum absolute atomic E-state index is 12.6. The molecule has 10 heteroatoms. The molecule has 1 amide bonds. The smallest absolute Gasteiger partial charge is 0.337 e. The van der Waals surface area contributed by atoms with E-state index in [9.17, 15) is 14.7 Å². The van der Waals surface area contributed by atoms with Crippen molar-refractivity contribution in [2.45, 2.75) is 42.1 Å². The van der Waals surface area contributed by atoms with Crippen LogP contribution in [0.2, 0.25) is 0 Å². The zero-order chi connectivity index (χ0) is 22.6. The van der Waals surface area contributed by atoms with Crippen molar-refractivity contribution in [2.75, 3.05) is 5.32 Å². The highest BCUT2D eigenvalue weighted by Crippen LogP contribution is 2.31. The number of carbonyl (C=O) groups is 2. The number of aromatic carboxylic acids is 1. The maximum atomic E-state index is 12.6. The molecule has 0 bridgehead atoms. The van der Waals surface area contributed by atoms with Gasteiger partial charge in [0.15, 0.2) is 5.11 Å². The molecule has 1 aliphatic rings. The SMILES string of the molecule is O=C(O)c1ccc2ccccc2c1NC(=S)NC(NC(=O)C1CCCCC1)C(Cl)(Cl)Cl. The first-order chi connectivity index (χ1) is 14.7. The molecule has 2 aromatic rings. The van der Waals surface area contributed by atoms with Gasteiger partial charge in [0.25, 0.3) is 0 Å². The predicted octanol–water partition coefficient (Wildman–Crippen LogP) is 5.22. The van der Waals surface area contributed by atoms with Gasteiger partial charge in [0.05, 0.1) is 11.3 Å². The molecule has 1 fully saturated rings. The third-order valence-electron chi connectivity index (χ3n) is 5.26. The van der Waals surface area contributed by atoms with Crippen molar-refractivity contribution in [2.24, 2.45) is 5.92 Å². The van der Waals surface area contributed by atoms with Gasteiger partial charge in [0, 0.05) is 11.3 Å². The first kappa shape index (κ1) is 23.9. The summed E-state index contributed by atoms with van der Waals surface area (Å²) in [6.45, 7) is 0. The largest absolute Gasteiger partial charge is 0.478 e. The summed E-state index contributed by atoms with van der Waals surface area (Å²) in [7, 11) is 0. The van der Waals surface area contributed by atoms with E-state index in [1.165, 1.54) is 6.07 Å². The Kier molecular flexibility index (Phi) is 7.86. The second-order valence-corrected chi connectivity index (χ2v) is 10.2. The average Bonchev–Trinajstić information content (AvgIpc) is 2.73. The molecule has 0 radical (unpaired) electrons. The lowest BCUT2D eigenvalue weighted by atomic mass is 9.88. The molecule has 4 N–H and O–H groups in total. The molecule has 6 nitrogen and oxygen atoms in total. The number of amides is 1. The van der Waals surface area contributed by atoms with Crippen LogP contribution in [0.15, 0.2) is 36.4 Å². The molecule has 0 aromatic heterocycles. The number of rotatable bonds is 5.